The summed E-state index contributed by atoms with van der Waals surface area (Å²) in [5, 5.41) is 12.8. The smallest absolute Gasteiger partial charge is 0.328 e. The molecule has 0 bridgehead atoms. The molecule has 0 saturated heterocycles. The molecular formula is C21H35NO4Si. The number of benzene rings is 1. The second-order valence-corrected chi connectivity index (χ2v) is 13.4. The molecule has 2 N–H and O–H groups in total. The van der Waals surface area contributed by atoms with E-state index in [-0.39, 0.29) is 17.0 Å². The van der Waals surface area contributed by atoms with E-state index in [1.54, 1.807) is 7.11 Å². The number of carbonyl (C=O) groups is 1. The van der Waals surface area contributed by atoms with Crippen molar-refractivity contribution in [3.05, 3.63) is 35.9 Å². The average Bonchev–Trinajstić information content (AvgIpc) is 2.56. The lowest BCUT2D eigenvalue weighted by atomic mass is 9.95. The second kappa shape index (κ2) is 9.42. The van der Waals surface area contributed by atoms with E-state index in [0.717, 1.165) is 17.0 Å². The number of anilines is 1. The minimum absolute atomic E-state index is 0.108. The van der Waals surface area contributed by atoms with Crippen LogP contribution < -0.4 is 10.1 Å². The van der Waals surface area contributed by atoms with E-state index in [0.29, 0.717) is 6.61 Å². The van der Waals surface area contributed by atoms with Gasteiger partial charge in [-0.15, -0.1) is 0 Å². The van der Waals surface area contributed by atoms with Crippen molar-refractivity contribution in [3.8, 4) is 5.75 Å². The molecule has 2 atom stereocenters. The Hall–Kier alpha value is -1.79. The van der Waals surface area contributed by atoms with Crippen molar-refractivity contribution in [2.24, 2.45) is 5.92 Å². The summed E-state index contributed by atoms with van der Waals surface area (Å²) in [7, 11) is -0.235. The summed E-state index contributed by atoms with van der Waals surface area (Å²) >= 11 is 0. The Morgan fingerprint density at radius 2 is 1.81 bits per heavy atom. The van der Waals surface area contributed by atoms with Crippen LogP contribution in [0.4, 0.5) is 5.69 Å². The van der Waals surface area contributed by atoms with E-state index < -0.39 is 14.3 Å². The number of rotatable bonds is 9. The van der Waals surface area contributed by atoms with Crippen LogP contribution in [0.2, 0.25) is 18.1 Å². The third-order valence-electron chi connectivity index (χ3n) is 5.34. The normalized spacial score (nSPS) is 15.2. The predicted molar refractivity (Wildman–Crippen MR) is 114 cm³/mol. The third-order valence-corrected chi connectivity index (χ3v) is 9.84. The lowest BCUT2D eigenvalue weighted by molar-refractivity contribution is -0.131. The monoisotopic (exact) mass is 393 g/mol. The molecule has 0 aromatic heterocycles. The van der Waals surface area contributed by atoms with E-state index in [1.165, 1.54) is 6.08 Å². The molecule has 0 fully saturated rings. The van der Waals surface area contributed by atoms with Crippen LogP contribution >= 0.6 is 0 Å². The summed E-state index contributed by atoms with van der Waals surface area (Å²) < 4.78 is 11.6. The van der Waals surface area contributed by atoms with Gasteiger partial charge in [0.25, 0.3) is 0 Å². The van der Waals surface area contributed by atoms with Gasteiger partial charge in [0, 0.05) is 24.3 Å². The Morgan fingerprint density at radius 1 is 1.26 bits per heavy atom. The molecule has 1 rings (SSSR count). The lowest BCUT2D eigenvalue weighted by Crippen LogP contribution is -2.43. The van der Waals surface area contributed by atoms with Gasteiger partial charge < -0.3 is 19.6 Å². The van der Waals surface area contributed by atoms with Gasteiger partial charge in [-0.05, 0) is 54.9 Å². The molecule has 1 aromatic rings. The second-order valence-electron chi connectivity index (χ2n) is 8.63. The summed E-state index contributed by atoms with van der Waals surface area (Å²) in [6, 6.07) is 7.49. The summed E-state index contributed by atoms with van der Waals surface area (Å²) in [5.74, 6) is -0.0485. The summed E-state index contributed by atoms with van der Waals surface area (Å²) in [4.78, 5) is 11.2. The molecule has 152 valence electrons. The Morgan fingerprint density at radius 3 is 2.26 bits per heavy atom. The van der Waals surface area contributed by atoms with Crippen molar-refractivity contribution in [2.75, 3.05) is 19.0 Å². The van der Waals surface area contributed by atoms with E-state index in [4.69, 9.17) is 14.3 Å². The number of nitrogens with one attached hydrogen (secondary N) is 1. The molecule has 6 heteroatoms. The van der Waals surface area contributed by atoms with Crippen LogP contribution in [0.3, 0.4) is 0 Å². The molecule has 0 amide bonds. The highest BCUT2D eigenvalue weighted by Crippen LogP contribution is 2.37. The van der Waals surface area contributed by atoms with E-state index in [2.05, 4.69) is 46.1 Å². The fourth-order valence-electron chi connectivity index (χ4n) is 2.51. The first-order valence-corrected chi connectivity index (χ1v) is 12.2. The number of methoxy groups -OCH3 is 1. The first-order valence-electron chi connectivity index (χ1n) is 9.33. The third kappa shape index (κ3) is 7.03. The number of aliphatic carboxylic acids is 1. The number of hydrogen-bond donors (Lipinski definition) is 2. The number of carboxylic acid groups (broad SMARTS) is 1. The fraction of sp³-hybridized carbons (Fsp3) is 0.571. The van der Waals surface area contributed by atoms with Crippen LogP contribution in [-0.4, -0.2) is 39.2 Å². The first kappa shape index (κ1) is 23.2. The van der Waals surface area contributed by atoms with Crippen molar-refractivity contribution < 1.29 is 19.1 Å². The Balaban J connectivity index is 2.98. The van der Waals surface area contributed by atoms with Gasteiger partial charge in [-0.3, -0.25) is 0 Å². The molecule has 0 unspecified atom stereocenters. The van der Waals surface area contributed by atoms with Gasteiger partial charge in [-0.1, -0.05) is 27.7 Å². The van der Waals surface area contributed by atoms with E-state index >= 15 is 0 Å². The van der Waals surface area contributed by atoms with Crippen molar-refractivity contribution in [2.45, 2.75) is 58.8 Å². The van der Waals surface area contributed by atoms with Gasteiger partial charge in [0.05, 0.1) is 13.2 Å². The molecule has 0 aliphatic carbocycles. The highest BCUT2D eigenvalue weighted by molar-refractivity contribution is 6.74. The molecular weight excluding hydrogens is 358 g/mol. The van der Waals surface area contributed by atoms with Crippen molar-refractivity contribution in [1.82, 2.24) is 0 Å². The van der Waals surface area contributed by atoms with Crippen LogP contribution in [0.1, 0.15) is 34.6 Å². The topological polar surface area (TPSA) is 67.8 Å². The van der Waals surface area contributed by atoms with E-state index in [9.17, 15) is 4.79 Å². The van der Waals surface area contributed by atoms with Gasteiger partial charge in [0.2, 0.25) is 0 Å². The van der Waals surface area contributed by atoms with Crippen molar-refractivity contribution >= 4 is 20.0 Å². The molecule has 0 aliphatic rings. The molecule has 0 saturated carbocycles. The van der Waals surface area contributed by atoms with Crippen LogP contribution in [0.15, 0.2) is 35.9 Å². The summed E-state index contributed by atoms with van der Waals surface area (Å²) in [6.07, 6.45) is 1.27. The molecule has 5 nitrogen and oxygen atoms in total. The maximum absolute atomic E-state index is 11.2. The molecule has 0 spiro atoms. The minimum Gasteiger partial charge on any atom is -0.497 e. The average molecular weight is 394 g/mol. The quantitative estimate of drug-likeness (QED) is 0.448. The maximum atomic E-state index is 11.2. The maximum Gasteiger partial charge on any atom is 0.328 e. The molecule has 1 aromatic carbocycles. The zero-order chi connectivity index (χ0) is 20.8. The number of ether oxygens (including phenoxy) is 1. The zero-order valence-corrected chi connectivity index (χ0v) is 18.9. The van der Waals surface area contributed by atoms with Gasteiger partial charge in [0.1, 0.15) is 5.75 Å². The van der Waals surface area contributed by atoms with Crippen LogP contribution in [-0.2, 0) is 9.22 Å². The van der Waals surface area contributed by atoms with E-state index in [1.807, 2.05) is 31.2 Å². The Kier molecular flexibility index (Phi) is 8.11. The van der Waals surface area contributed by atoms with Crippen molar-refractivity contribution in [3.63, 3.8) is 0 Å². The van der Waals surface area contributed by atoms with Crippen molar-refractivity contribution in [1.29, 1.82) is 0 Å². The standard InChI is InChI=1S/C21H35NO4Si/c1-15(13-19(23)24)20(22-17-9-11-18(25-6)12-10-17)16(2)14-26-27(7,8)21(3,4)5/h9-13,16,20,22H,14H2,1-8H3,(H,23,24)/b15-13+/t16-,20+/m0/s1. The summed E-state index contributed by atoms with van der Waals surface area (Å²) in [6.45, 7) is 15.6. The van der Waals surface area contributed by atoms with Crippen LogP contribution in [0.5, 0.6) is 5.75 Å². The first-order chi connectivity index (χ1) is 12.4. The largest absolute Gasteiger partial charge is 0.497 e. The predicted octanol–water partition coefficient (Wildman–Crippen LogP) is 5.16. The Labute approximate surface area is 164 Å². The van der Waals surface area contributed by atoms with Gasteiger partial charge in [0.15, 0.2) is 8.32 Å². The molecule has 27 heavy (non-hydrogen) atoms. The summed E-state index contributed by atoms with van der Waals surface area (Å²) in [5.41, 5.74) is 1.68. The Bertz CT molecular complexity index is 647. The van der Waals surface area contributed by atoms with Crippen LogP contribution in [0.25, 0.3) is 0 Å². The highest BCUT2D eigenvalue weighted by Gasteiger charge is 2.37. The van der Waals surface area contributed by atoms with Crippen LogP contribution in [0, 0.1) is 5.92 Å². The van der Waals surface area contributed by atoms with Gasteiger partial charge in [-0.25, -0.2) is 4.79 Å². The van der Waals surface area contributed by atoms with Gasteiger partial charge >= 0.3 is 5.97 Å². The zero-order valence-electron chi connectivity index (χ0n) is 17.9. The molecule has 0 aliphatic heterocycles. The van der Waals surface area contributed by atoms with Gasteiger partial charge in [-0.2, -0.15) is 0 Å². The number of hydrogen-bond acceptors (Lipinski definition) is 4. The highest BCUT2D eigenvalue weighted by atomic mass is 28.4. The number of carboxylic acids is 1. The molecule has 0 radical (unpaired) electrons. The lowest BCUT2D eigenvalue weighted by Gasteiger charge is -2.38. The minimum atomic E-state index is -1.86. The SMILES string of the molecule is COc1ccc(N[C@H](/C(C)=C/C(=O)O)[C@@H](C)CO[Si](C)(C)C(C)(C)C)cc1. The fourth-order valence-corrected chi connectivity index (χ4v) is 3.62. The molecule has 0 heterocycles.